The predicted octanol–water partition coefficient (Wildman–Crippen LogP) is 2.28. The molecule has 8 heteroatoms. The summed E-state index contributed by atoms with van der Waals surface area (Å²) in [5.74, 6) is 0.105. The number of esters is 1. The van der Waals surface area contributed by atoms with Crippen LogP contribution in [0, 0.1) is 0 Å². The number of nitrogens with zero attached hydrogens (tertiary/aromatic N) is 2. The Bertz CT molecular complexity index is 1040. The minimum atomic E-state index is -1.10. The van der Waals surface area contributed by atoms with Gasteiger partial charge in [-0.1, -0.05) is 30.3 Å². The Morgan fingerprint density at radius 3 is 2.41 bits per heavy atom. The van der Waals surface area contributed by atoms with Crippen LogP contribution in [0.15, 0.2) is 42.5 Å². The zero-order chi connectivity index (χ0) is 22.8. The van der Waals surface area contributed by atoms with Crippen LogP contribution in [0.5, 0.6) is 11.5 Å². The largest absolute Gasteiger partial charge is 0.493 e. The fourth-order valence-corrected chi connectivity index (χ4v) is 4.44. The molecule has 0 aliphatic carbocycles. The number of hydrogen-bond acceptors (Lipinski definition) is 6. The lowest BCUT2D eigenvalue weighted by Gasteiger charge is -2.45. The lowest BCUT2D eigenvalue weighted by molar-refractivity contribution is -0.163. The Balaban J connectivity index is 1.66. The van der Waals surface area contributed by atoms with Crippen LogP contribution in [0.1, 0.15) is 35.8 Å². The molecule has 32 heavy (non-hydrogen) atoms. The maximum absolute atomic E-state index is 13.4. The highest BCUT2D eigenvalue weighted by atomic mass is 16.5. The van der Waals surface area contributed by atoms with Gasteiger partial charge in [-0.25, -0.2) is 0 Å². The van der Waals surface area contributed by atoms with Crippen molar-refractivity contribution in [2.24, 2.45) is 0 Å². The molecule has 4 rings (SSSR count). The number of amides is 2. The first-order chi connectivity index (χ1) is 15.4. The summed E-state index contributed by atoms with van der Waals surface area (Å²) in [6.45, 7) is 2.09. The van der Waals surface area contributed by atoms with Crippen molar-refractivity contribution >= 4 is 17.8 Å². The molecule has 2 aliphatic heterocycles. The molecule has 0 aromatic heterocycles. The Hall–Kier alpha value is -3.55. The van der Waals surface area contributed by atoms with Crippen molar-refractivity contribution in [2.45, 2.75) is 25.5 Å². The number of carbonyl (C=O) groups excluding carboxylic acids is 3. The number of hydrogen-bond donors (Lipinski definition) is 0. The lowest BCUT2D eigenvalue weighted by Crippen LogP contribution is -2.56. The summed E-state index contributed by atoms with van der Waals surface area (Å²) < 4.78 is 16.2. The molecule has 1 saturated heterocycles. The third-order valence-electron chi connectivity index (χ3n) is 5.96. The van der Waals surface area contributed by atoms with E-state index in [0.29, 0.717) is 36.6 Å². The van der Waals surface area contributed by atoms with E-state index in [4.69, 9.17) is 14.2 Å². The molecular formula is C24H26N2O6. The third kappa shape index (κ3) is 4.00. The van der Waals surface area contributed by atoms with E-state index >= 15 is 0 Å². The SMILES string of the molecule is COc1cc2c(cc1OC)C1CN(C(=O)C(OC(C)=O)c3ccccc3)CC(=O)N1CC2. The Morgan fingerprint density at radius 2 is 1.75 bits per heavy atom. The van der Waals surface area contributed by atoms with Crippen molar-refractivity contribution in [1.82, 2.24) is 9.80 Å². The number of fused-ring (bicyclic) bond motifs is 3. The average molecular weight is 438 g/mol. The highest BCUT2D eigenvalue weighted by Crippen LogP contribution is 2.40. The fraction of sp³-hybridized carbons (Fsp3) is 0.375. The van der Waals surface area contributed by atoms with Crippen LogP contribution >= 0.6 is 0 Å². The minimum Gasteiger partial charge on any atom is -0.493 e. The van der Waals surface area contributed by atoms with Crippen LogP contribution < -0.4 is 9.47 Å². The number of piperazine rings is 1. The van der Waals surface area contributed by atoms with Crippen molar-refractivity contribution in [1.29, 1.82) is 0 Å². The first-order valence-electron chi connectivity index (χ1n) is 10.5. The van der Waals surface area contributed by atoms with E-state index < -0.39 is 18.0 Å². The van der Waals surface area contributed by atoms with Crippen LogP contribution in [0.2, 0.25) is 0 Å². The molecule has 1 fully saturated rings. The van der Waals surface area contributed by atoms with Crippen molar-refractivity contribution in [2.75, 3.05) is 33.9 Å². The molecule has 2 aromatic rings. The van der Waals surface area contributed by atoms with Crippen LogP contribution in [0.25, 0.3) is 0 Å². The smallest absolute Gasteiger partial charge is 0.303 e. The number of ether oxygens (including phenoxy) is 3. The van der Waals surface area contributed by atoms with Gasteiger partial charge in [0.2, 0.25) is 12.0 Å². The van der Waals surface area contributed by atoms with Gasteiger partial charge in [0.05, 0.1) is 26.8 Å². The first-order valence-corrected chi connectivity index (χ1v) is 10.5. The number of benzene rings is 2. The Labute approximate surface area is 186 Å². The molecular weight excluding hydrogens is 412 g/mol. The number of carbonyl (C=O) groups is 3. The van der Waals surface area contributed by atoms with Crippen LogP contribution in [0.3, 0.4) is 0 Å². The zero-order valence-electron chi connectivity index (χ0n) is 18.4. The number of methoxy groups -OCH3 is 2. The molecule has 2 unspecified atom stereocenters. The van der Waals surface area contributed by atoms with Gasteiger partial charge >= 0.3 is 5.97 Å². The molecule has 2 atom stereocenters. The van der Waals surface area contributed by atoms with Crippen molar-refractivity contribution in [3.63, 3.8) is 0 Å². The van der Waals surface area contributed by atoms with Gasteiger partial charge in [-0.3, -0.25) is 14.4 Å². The molecule has 8 nitrogen and oxygen atoms in total. The second-order valence-electron chi connectivity index (χ2n) is 7.88. The quantitative estimate of drug-likeness (QED) is 0.666. The minimum absolute atomic E-state index is 0.0530. The third-order valence-corrected chi connectivity index (χ3v) is 5.96. The molecule has 168 valence electrons. The molecule has 0 N–H and O–H groups in total. The highest BCUT2D eigenvalue weighted by molar-refractivity contribution is 5.90. The maximum Gasteiger partial charge on any atom is 0.303 e. The summed E-state index contributed by atoms with van der Waals surface area (Å²) in [5.41, 5.74) is 2.56. The summed E-state index contributed by atoms with van der Waals surface area (Å²) in [5, 5.41) is 0. The fourth-order valence-electron chi connectivity index (χ4n) is 4.44. The molecule has 2 aromatic carbocycles. The molecule has 0 radical (unpaired) electrons. The summed E-state index contributed by atoms with van der Waals surface area (Å²) in [6.07, 6.45) is -0.395. The standard InChI is InChI=1S/C24H26N2O6/c1-15(27)32-23(16-7-5-4-6-8-16)24(29)25-13-19-18-12-21(31-3)20(30-2)11-17(18)9-10-26(19)22(28)14-25/h4-8,11-12,19,23H,9-10,13-14H2,1-3H3. The van der Waals surface area contributed by atoms with Gasteiger partial charge in [0.1, 0.15) is 0 Å². The summed E-state index contributed by atoms with van der Waals surface area (Å²) in [6, 6.07) is 12.3. The normalized spacial score (nSPS) is 18.3. The van der Waals surface area contributed by atoms with Gasteiger partial charge in [-0.15, -0.1) is 0 Å². The van der Waals surface area contributed by atoms with E-state index in [-0.39, 0.29) is 18.5 Å². The molecule has 2 aliphatic rings. The summed E-state index contributed by atoms with van der Waals surface area (Å²) >= 11 is 0. The summed E-state index contributed by atoms with van der Waals surface area (Å²) in [4.78, 5) is 41.4. The van der Waals surface area contributed by atoms with Gasteiger partial charge in [0, 0.05) is 25.6 Å². The Kier molecular flexibility index (Phi) is 6.03. The van der Waals surface area contributed by atoms with E-state index in [1.807, 2.05) is 18.2 Å². The van der Waals surface area contributed by atoms with E-state index in [0.717, 1.165) is 11.1 Å². The topological polar surface area (TPSA) is 85.4 Å². The lowest BCUT2D eigenvalue weighted by atomic mass is 9.89. The van der Waals surface area contributed by atoms with Crippen molar-refractivity contribution in [3.05, 3.63) is 59.2 Å². The number of rotatable bonds is 5. The molecule has 0 bridgehead atoms. The second-order valence-corrected chi connectivity index (χ2v) is 7.88. The highest BCUT2D eigenvalue weighted by Gasteiger charge is 2.41. The van der Waals surface area contributed by atoms with E-state index in [2.05, 4.69) is 0 Å². The van der Waals surface area contributed by atoms with Gasteiger partial charge < -0.3 is 24.0 Å². The van der Waals surface area contributed by atoms with Crippen LogP contribution in [-0.2, 0) is 25.5 Å². The second kappa shape index (κ2) is 8.90. The van der Waals surface area contributed by atoms with Crippen LogP contribution in [-0.4, -0.2) is 61.4 Å². The molecule has 2 heterocycles. The van der Waals surface area contributed by atoms with Crippen molar-refractivity contribution in [3.8, 4) is 11.5 Å². The maximum atomic E-state index is 13.4. The zero-order valence-corrected chi connectivity index (χ0v) is 18.4. The van der Waals surface area contributed by atoms with E-state index in [1.165, 1.54) is 11.8 Å². The van der Waals surface area contributed by atoms with Gasteiger partial charge in [-0.2, -0.15) is 0 Å². The van der Waals surface area contributed by atoms with Gasteiger partial charge in [0.25, 0.3) is 5.91 Å². The van der Waals surface area contributed by atoms with E-state index in [9.17, 15) is 14.4 Å². The molecule has 0 spiro atoms. The Morgan fingerprint density at radius 1 is 1.06 bits per heavy atom. The predicted molar refractivity (Wildman–Crippen MR) is 115 cm³/mol. The van der Waals surface area contributed by atoms with Crippen LogP contribution in [0.4, 0.5) is 0 Å². The van der Waals surface area contributed by atoms with Crippen molar-refractivity contribution < 1.29 is 28.6 Å². The molecule has 0 saturated carbocycles. The first kappa shape index (κ1) is 21.7. The average Bonchev–Trinajstić information content (AvgIpc) is 2.81. The summed E-state index contributed by atoms with van der Waals surface area (Å²) in [7, 11) is 3.15. The van der Waals surface area contributed by atoms with Gasteiger partial charge in [0.15, 0.2) is 11.5 Å². The molecule has 2 amide bonds. The van der Waals surface area contributed by atoms with Gasteiger partial charge in [-0.05, 0) is 29.7 Å². The monoisotopic (exact) mass is 438 g/mol. The van der Waals surface area contributed by atoms with E-state index in [1.54, 1.807) is 43.4 Å².